The van der Waals surface area contributed by atoms with E-state index < -0.39 is 5.91 Å². The molecule has 2 aromatic heterocycles. The van der Waals surface area contributed by atoms with Gasteiger partial charge in [0.2, 0.25) is 11.8 Å². The molecule has 9 nitrogen and oxygen atoms in total. The van der Waals surface area contributed by atoms with Gasteiger partial charge in [0.05, 0.1) is 12.6 Å². The highest BCUT2D eigenvalue weighted by molar-refractivity contribution is 5.96. The summed E-state index contributed by atoms with van der Waals surface area (Å²) in [5, 5.41) is 4.29. The molecule has 0 bridgehead atoms. The minimum Gasteiger partial charge on any atom is -0.439 e. The van der Waals surface area contributed by atoms with Crippen LogP contribution >= 0.6 is 0 Å². The predicted octanol–water partition coefficient (Wildman–Crippen LogP) is 4.29. The van der Waals surface area contributed by atoms with Gasteiger partial charge in [0.25, 0.3) is 5.91 Å². The average molecular weight is 497 g/mol. The van der Waals surface area contributed by atoms with Gasteiger partial charge in [0.15, 0.2) is 5.82 Å². The molecule has 9 heteroatoms. The molecule has 1 aliphatic rings. The van der Waals surface area contributed by atoms with Crippen molar-refractivity contribution in [3.8, 4) is 11.6 Å². The zero-order chi connectivity index (χ0) is 25.8. The van der Waals surface area contributed by atoms with Crippen LogP contribution in [0, 0.1) is 6.92 Å². The first-order chi connectivity index (χ1) is 18.0. The molecule has 5 rings (SSSR count). The fraction of sp³-hybridized carbons (Fsp3) is 0.250. The summed E-state index contributed by atoms with van der Waals surface area (Å²) in [4.78, 5) is 36.5. The van der Waals surface area contributed by atoms with Crippen LogP contribution in [0.1, 0.15) is 63.1 Å². The van der Waals surface area contributed by atoms with E-state index >= 15 is 0 Å². The van der Waals surface area contributed by atoms with Gasteiger partial charge < -0.3 is 15.4 Å². The van der Waals surface area contributed by atoms with Gasteiger partial charge in [0.1, 0.15) is 5.75 Å². The monoisotopic (exact) mass is 496 g/mol. The zero-order valence-corrected chi connectivity index (χ0v) is 20.6. The van der Waals surface area contributed by atoms with Gasteiger partial charge in [-0.2, -0.15) is 10.1 Å². The Morgan fingerprint density at radius 3 is 2.62 bits per heavy atom. The van der Waals surface area contributed by atoms with Crippen molar-refractivity contribution in [3.63, 3.8) is 0 Å². The lowest BCUT2D eigenvalue weighted by Crippen LogP contribution is -2.39. The largest absolute Gasteiger partial charge is 0.439 e. The number of aryl methyl sites for hydroxylation is 1. The van der Waals surface area contributed by atoms with Gasteiger partial charge >= 0.3 is 0 Å². The summed E-state index contributed by atoms with van der Waals surface area (Å²) >= 11 is 0. The number of primary amides is 1. The van der Waals surface area contributed by atoms with Crippen molar-refractivity contribution in [1.82, 2.24) is 24.6 Å². The number of carbonyl (C=O) groups is 2. The molecule has 0 radical (unpaired) electrons. The van der Waals surface area contributed by atoms with Crippen LogP contribution in [0.3, 0.4) is 0 Å². The van der Waals surface area contributed by atoms with Crippen LogP contribution in [0.5, 0.6) is 11.6 Å². The average Bonchev–Trinajstić information content (AvgIpc) is 3.42. The first-order valence-corrected chi connectivity index (χ1v) is 12.3. The topological polar surface area (TPSA) is 116 Å². The Balaban J connectivity index is 1.41. The summed E-state index contributed by atoms with van der Waals surface area (Å²) in [5.41, 5.74) is 8.03. The number of hydrogen-bond acceptors (Lipinski definition) is 6. The molecule has 1 aliphatic heterocycles. The lowest BCUT2D eigenvalue weighted by atomic mass is 9.98. The van der Waals surface area contributed by atoms with E-state index in [1.807, 2.05) is 53.0 Å². The van der Waals surface area contributed by atoms with Crippen molar-refractivity contribution in [2.75, 3.05) is 6.54 Å². The van der Waals surface area contributed by atoms with Crippen LogP contribution in [0.25, 0.3) is 0 Å². The summed E-state index contributed by atoms with van der Waals surface area (Å²) in [6, 6.07) is 17.6. The van der Waals surface area contributed by atoms with Gasteiger partial charge in [0, 0.05) is 41.8 Å². The molecule has 0 aliphatic carbocycles. The molecule has 1 saturated heterocycles. The van der Waals surface area contributed by atoms with E-state index in [9.17, 15) is 9.59 Å². The third kappa shape index (κ3) is 5.50. The minimum absolute atomic E-state index is 0.0397. The van der Waals surface area contributed by atoms with Crippen molar-refractivity contribution in [2.24, 2.45) is 5.73 Å². The van der Waals surface area contributed by atoms with E-state index in [-0.39, 0.29) is 11.9 Å². The highest BCUT2D eigenvalue weighted by Gasteiger charge is 2.32. The van der Waals surface area contributed by atoms with Gasteiger partial charge in [-0.1, -0.05) is 18.2 Å². The molecule has 3 heterocycles. The summed E-state index contributed by atoms with van der Waals surface area (Å²) in [5.74, 6) is 0.924. The number of rotatable bonds is 7. The van der Waals surface area contributed by atoms with Crippen molar-refractivity contribution in [1.29, 1.82) is 0 Å². The molecule has 1 atom stereocenters. The molecule has 0 unspecified atom stereocenters. The number of piperidine rings is 1. The van der Waals surface area contributed by atoms with Gasteiger partial charge in [-0.05, 0) is 68.1 Å². The number of carbonyl (C=O) groups excluding carboxylic acids is 2. The van der Waals surface area contributed by atoms with Crippen LogP contribution < -0.4 is 10.5 Å². The molecule has 37 heavy (non-hydrogen) atoms. The number of nitrogens with zero attached hydrogens (tertiary/aromatic N) is 5. The Labute approximate surface area is 214 Å². The SMILES string of the molecule is Cc1cc(Oc2ccc(C(N)=O)cc2)nc([C@@H]2CCCCN2C(=O)c2ccccc2Cn2cccn2)n1. The fourth-order valence-electron chi connectivity index (χ4n) is 4.60. The number of likely N-dealkylation sites (tertiary alicyclic amines) is 1. The molecule has 0 saturated carbocycles. The Bertz CT molecular complexity index is 1400. The van der Waals surface area contributed by atoms with E-state index in [0.29, 0.717) is 41.7 Å². The molecule has 0 spiro atoms. The zero-order valence-electron chi connectivity index (χ0n) is 20.6. The van der Waals surface area contributed by atoms with Gasteiger partial charge in [-0.3, -0.25) is 14.3 Å². The third-order valence-corrected chi connectivity index (χ3v) is 6.41. The summed E-state index contributed by atoms with van der Waals surface area (Å²) in [6.45, 7) is 3.02. The van der Waals surface area contributed by atoms with E-state index in [4.69, 9.17) is 10.5 Å². The molecule has 2 N–H and O–H groups in total. The minimum atomic E-state index is -0.500. The van der Waals surface area contributed by atoms with E-state index in [0.717, 1.165) is 30.5 Å². The fourth-order valence-corrected chi connectivity index (χ4v) is 4.60. The second-order valence-corrected chi connectivity index (χ2v) is 9.07. The quantitative estimate of drug-likeness (QED) is 0.408. The van der Waals surface area contributed by atoms with E-state index in [1.165, 1.54) is 0 Å². The smallest absolute Gasteiger partial charge is 0.254 e. The predicted molar refractivity (Wildman–Crippen MR) is 137 cm³/mol. The third-order valence-electron chi connectivity index (χ3n) is 6.41. The van der Waals surface area contributed by atoms with Crippen molar-refractivity contribution in [3.05, 3.63) is 101 Å². The maximum absolute atomic E-state index is 13.9. The van der Waals surface area contributed by atoms with Crippen LogP contribution in [0.15, 0.2) is 73.1 Å². The number of aromatic nitrogens is 4. The Kier molecular flexibility index (Phi) is 6.93. The number of benzene rings is 2. The normalized spacial score (nSPS) is 15.4. The second-order valence-electron chi connectivity index (χ2n) is 9.07. The van der Waals surface area contributed by atoms with Gasteiger partial charge in [-0.15, -0.1) is 0 Å². The van der Waals surface area contributed by atoms with Gasteiger partial charge in [-0.25, -0.2) is 4.98 Å². The molecule has 2 amide bonds. The summed E-state index contributed by atoms with van der Waals surface area (Å²) < 4.78 is 7.78. The molecule has 188 valence electrons. The molecule has 4 aromatic rings. The first-order valence-electron chi connectivity index (χ1n) is 12.3. The van der Waals surface area contributed by atoms with Crippen molar-refractivity contribution in [2.45, 2.75) is 38.8 Å². The summed E-state index contributed by atoms with van der Waals surface area (Å²) in [7, 11) is 0. The first kappa shape index (κ1) is 24.2. The Morgan fingerprint density at radius 1 is 1.05 bits per heavy atom. The lowest BCUT2D eigenvalue weighted by Gasteiger charge is -2.35. The maximum Gasteiger partial charge on any atom is 0.254 e. The van der Waals surface area contributed by atoms with Crippen LogP contribution in [0.4, 0.5) is 0 Å². The number of amides is 2. The highest BCUT2D eigenvalue weighted by atomic mass is 16.5. The highest BCUT2D eigenvalue weighted by Crippen LogP contribution is 2.32. The van der Waals surface area contributed by atoms with Crippen LogP contribution in [-0.4, -0.2) is 43.0 Å². The number of hydrogen-bond donors (Lipinski definition) is 1. The second kappa shape index (κ2) is 10.6. The summed E-state index contributed by atoms with van der Waals surface area (Å²) in [6.07, 6.45) is 6.28. The van der Waals surface area contributed by atoms with E-state index in [1.54, 1.807) is 36.5 Å². The number of ether oxygens (including phenoxy) is 1. The van der Waals surface area contributed by atoms with Crippen LogP contribution in [-0.2, 0) is 6.54 Å². The maximum atomic E-state index is 13.9. The lowest BCUT2D eigenvalue weighted by molar-refractivity contribution is 0.0597. The van der Waals surface area contributed by atoms with Crippen molar-refractivity contribution < 1.29 is 14.3 Å². The standard InChI is InChI=1S/C28H28N6O3/c1-19-17-25(37-22-12-10-20(11-13-22)26(29)35)32-27(31-19)24-9-4-5-16-34(24)28(36)23-8-3-2-7-21(23)18-33-15-6-14-30-33/h2-3,6-8,10-15,17,24H,4-5,9,16,18H2,1H3,(H2,29,35)/t24-/m0/s1. The molecular formula is C28H28N6O3. The van der Waals surface area contributed by atoms with E-state index in [2.05, 4.69) is 15.1 Å². The van der Waals surface area contributed by atoms with Crippen molar-refractivity contribution >= 4 is 11.8 Å². The molecular weight excluding hydrogens is 468 g/mol. The number of nitrogens with two attached hydrogens (primary N) is 1. The Hall–Kier alpha value is -4.53. The molecule has 2 aromatic carbocycles. The Morgan fingerprint density at radius 2 is 1.86 bits per heavy atom. The molecule has 1 fully saturated rings. The van der Waals surface area contributed by atoms with Crippen LogP contribution in [0.2, 0.25) is 0 Å².